The summed E-state index contributed by atoms with van der Waals surface area (Å²) in [7, 11) is 0. The molecule has 0 radical (unpaired) electrons. The van der Waals surface area contributed by atoms with Crippen molar-refractivity contribution in [3.63, 3.8) is 0 Å². The van der Waals surface area contributed by atoms with Crippen LogP contribution < -0.4 is 10.6 Å². The van der Waals surface area contributed by atoms with Crippen LogP contribution in [0.15, 0.2) is 48.6 Å². The Hall–Kier alpha value is -1.88. The first-order chi connectivity index (χ1) is 23.8. The van der Waals surface area contributed by atoms with Crippen molar-refractivity contribution in [1.82, 2.24) is 10.6 Å². The second-order valence-electron chi connectivity index (χ2n) is 13.4. The third-order valence-corrected chi connectivity index (χ3v) is 11.7. The fourth-order valence-electron chi connectivity index (χ4n) is 7.16. The van der Waals surface area contributed by atoms with Gasteiger partial charge in [0.2, 0.25) is 0 Å². The molecular formula is C38H50Cl4N2O6. The van der Waals surface area contributed by atoms with Crippen LogP contribution >= 0.6 is 46.4 Å². The van der Waals surface area contributed by atoms with Gasteiger partial charge in [0, 0.05) is 49.3 Å². The Morgan fingerprint density at radius 1 is 0.660 bits per heavy atom. The third-order valence-electron chi connectivity index (χ3n) is 10.3. The van der Waals surface area contributed by atoms with E-state index < -0.39 is 34.2 Å². The van der Waals surface area contributed by atoms with Crippen molar-refractivity contribution < 1.29 is 28.5 Å². The summed E-state index contributed by atoms with van der Waals surface area (Å²) in [5.74, 6) is -1.38. The van der Waals surface area contributed by atoms with Gasteiger partial charge in [-0.25, -0.2) is 9.59 Å². The van der Waals surface area contributed by atoms with Gasteiger partial charge in [-0.15, -0.1) is 0 Å². The van der Waals surface area contributed by atoms with Crippen molar-refractivity contribution in [3.8, 4) is 0 Å². The largest absolute Gasteiger partial charge is 0.440 e. The maximum absolute atomic E-state index is 13.5. The highest BCUT2D eigenvalue weighted by atomic mass is 35.5. The van der Waals surface area contributed by atoms with Gasteiger partial charge in [-0.3, -0.25) is 10.6 Å². The van der Waals surface area contributed by atoms with E-state index in [0.29, 0.717) is 59.6 Å². The highest BCUT2D eigenvalue weighted by Crippen LogP contribution is 2.54. The van der Waals surface area contributed by atoms with E-state index in [9.17, 15) is 9.59 Å². The Kier molecular flexibility index (Phi) is 14.9. The van der Waals surface area contributed by atoms with E-state index in [2.05, 4.69) is 10.6 Å². The van der Waals surface area contributed by atoms with E-state index in [4.69, 9.17) is 65.4 Å². The first-order valence-electron chi connectivity index (χ1n) is 17.6. The number of carbonyl (C=O) groups is 2. The van der Waals surface area contributed by atoms with Crippen molar-refractivity contribution in [2.75, 3.05) is 39.5 Å². The molecule has 0 spiro atoms. The van der Waals surface area contributed by atoms with E-state index >= 15 is 0 Å². The standard InChI is InChI=1S/C38H50Cl4N2O6/c1-5-21-47-23-19-43-35(3,37(15-7-16-37)27-9-11-29(39)31(41)25-27)49-33(45)13-14-34(46)50-36(4,44-20-24-48-22-6-2)38(17-8-18-38)28-10-12-30(40)32(42)26-28/h9-14,25-26,43-44H,5-8,15-24H2,1-4H3/b14-13-. The molecule has 0 aliphatic heterocycles. The molecule has 2 atom stereocenters. The summed E-state index contributed by atoms with van der Waals surface area (Å²) in [5.41, 5.74) is -1.62. The van der Waals surface area contributed by atoms with Gasteiger partial charge in [0.1, 0.15) is 0 Å². The first kappa shape index (κ1) is 40.9. The molecule has 4 rings (SSSR count). The Morgan fingerprint density at radius 2 is 1.04 bits per heavy atom. The molecule has 2 aliphatic rings. The van der Waals surface area contributed by atoms with Gasteiger partial charge >= 0.3 is 11.9 Å². The summed E-state index contributed by atoms with van der Waals surface area (Å²) >= 11 is 25.4. The SMILES string of the molecule is CCCOCCNC(C)(OC(=O)/C=C\C(=O)OC(C)(NCCOCCC)C1(c2ccc(Cl)c(Cl)c2)CCC1)C1(c2ccc(Cl)c(Cl)c2)CCC1. The molecule has 12 heteroatoms. The number of carbonyl (C=O) groups excluding carboxylic acids is 2. The molecule has 2 fully saturated rings. The number of benzene rings is 2. The van der Waals surface area contributed by atoms with Crippen LogP contribution in [0.25, 0.3) is 0 Å². The molecule has 0 bridgehead atoms. The van der Waals surface area contributed by atoms with Crippen LogP contribution in [-0.2, 0) is 39.4 Å². The number of rotatable bonds is 20. The Labute approximate surface area is 316 Å². The lowest BCUT2D eigenvalue weighted by atomic mass is 9.58. The summed E-state index contributed by atoms with van der Waals surface area (Å²) in [6.07, 6.45) is 8.95. The fourth-order valence-corrected chi connectivity index (χ4v) is 7.76. The molecule has 276 valence electrons. The van der Waals surface area contributed by atoms with E-state index in [1.807, 2.05) is 52.0 Å². The maximum atomic E-state index is 13.5. The summed E-state index contributed by atoms with van der Waals surface area (Å²) in [6.45, 7) is 10.8. The van der Waals surface area contributed by atoms with Crippen molar-refractivity contribution >= 4 is 58.3 Å². The number of ether oxygens (including phenoxy) is 4. The molecule has 0 heterocycles. The average Bonchev–Trinajstić information content (AvgIpc) is 3.02. The van der Waals surface area contributed by atoms with Crippen LogP contribution in [0.3, 0.4) is 0 Å². The maximum Gasteiger partial charge on any atom is 0.332 e. The average molecular weight is 773 g/mol. The van der Waals surface area contributed by atoms with Gasteiger partial charge in [0.25, 0.3) is 0 Å². The molecule has 0 saturated heterocycles. The quantitative estimate of drug-likeness (QED) is 0.0597. The fraction of sp³-hybridized carbons (Fsp3) is 0.579. The Bertz CT molecular complexity index is 1390. The zero-order valence-corrected chi connectivity index (χ0v) is 32.5. The smallest absolute Gasteiger partial charge is 0.332 e. The number of hydrogen-bond donors (Lipinski definition) is 2. The second-order valence-corrected chi connectivity index (χ2v) is 15.1. The van der Waals surface area contributed by atoms with Gasteiger partial charge in [0.15, 0.2) is 11.4 Å². The van der Waals surface area contributed by atoms with E-state index in [1.54, 1.807) is 12.1 Å². The number of hydrogen-bond acceptors (Lipinski definition) is 8. The summed E-state index contributed by atoms with van der Waals surface area (Å²) in [4.78, 5) is 27.1. The molecule has 2 aromatic rings. The number of halogens is 4. The Balaban J connectivity index is 1.55. The zero-order valence-electron chi connectivity index (χ0n) is 29.5. The molecule has 2 aromatic carbocycles. The third kappa shape index (κ3) is 9.18. The van der Waals surface area contributed by atoms with Gasteiger partial charge in [0.05, 0.1) is 33.3 Å². The summed E-state index contributed by atoms with van der Waals surface area (Å²) in [6, 6.07) is 11.0. The molecular weight excluding hydrogens is 722 g/mol. The minimum absolute atomic E-state index is 0.428. The van der Waals surface area contributed by atoms with E-state index in [-0.39, 0.29) is 0 Å². The monoisotopic (exact) mass is 770 g/mol. The molecule has 2 saturated carbocycles. The molecule has 2 N–H and O–H groups in total. The van der Waals surface area contributed by atoms with Crippen LogP contribution in [0.5, 0.6) is 0 Å². The van der Waals surface area contributed by atoms with Crippen LogP contribution in [0, 0.1) is 0 Å². The van der Waals surface area contributed by atoms with E-state index in [0.717, 1.165) is 74.6 Å². The number of nitrogens with one attached hydrogen (secondary N) is 2. The van der Waals surface area contributed by atoms with Crippen LogP contribution in [0.1, 0.15) is 90.2 Å². The molecule has 8 nitrogen and oxygen atoms in total. The second kappa shape index (κ2) is 18.2. The first-order valence-corrected chi connectivity index (χ1v) is 19.1. The van der Waals surface area contributed by atoms with Gasteiger partial charge in [-0.05, 0) is 87.8 Å². The van der Waals surface area contributed by atoms with Crippen LogP contribution in [0.4, 0.5) is 0 Å². The van der Waals surface area contributed by atoms with Gasteiger partial charge in [-0.1, -0.05) is 85.2 Å². The summed E-state index contributed by atoms with van der Waals surface area (Å²) in [5, 5.41) is 8.65. The molecule has 2 unspecified atom stereocenters. The topological polar surface area (TPSA) is 95.1 Å². The van der Waals surface area contributed by atoms with Crippen molar-refractivity contribution in [2.45, 2.75) is 101 Å². The lowest BCUT2D eigenvalue weighted by Gasteiger charge is -2.54. The molecule has 50 heavy (non-hydrogen) atoms. The minimum Gasteiger partial charge on any atom is -0.440 e. The van der Waals surface area contributed by atoms with Gasteiger partial charge < -0.3 is 18.9 Å². The Morgan fingerprint density at radius 3 is 1.34 bits per heavy atom. The molecule has 0 amide bonds. The van der Waals surface area contributed by atoms with Crippen molar-refractivity contribution in [1.29, 1.82) is 0 Å². The lowest BCUT2D eigenvalue weighted by molar-refractivity contribution is -0.176. The predicted molar refractivity (Wildman–Crippen MR) is 200 cm³/mol. The molecule has 0 aromatic heterocycles. The lowest BCUT2D eigenvalue weighted by Crippen LogP contribution is -2.65. The highest BCUT2D eigenvalue weighted by molar-refractivity contribution is 6.42. The number of esters is 2. The van der Waals surface area contributed by atoms with Crippen molar-refractivity contribution in [2.24, 2.45) is 0 Å². The van der Waals surface area contributed by atoms with Crippen LogP contribution in [-0.4, -0.2) is 62.9 Å². The zero-order chi connectivity index (χ0) is 36.4. The predicted octanol–water partition coefficient (Wildman–Crippen LogP) is 8.95. The van der Waals surface area contributed by atoms with Gasteiger partial charge in [-0.2, -0.15) is 0 Å². The van der Waals surface area contributed by atoms with Crippen LogP contribution in [0.2, 0.25) is 20.1 Å². The molecule has 2 aliphatic carbocycles. The summed E-state index contributed by atoms with van der Waals surface area (Å²) < 4.78 is 23.8. The van der Waals surface area contributed by atoms with E-state index in [1.165, 1.54) is 0 Å². The van der Waals surface area contributed by atoms with Crippen molar-refractivity contribution in [3.05, 3.63) is 79.8 Å². The normalized spacial score (nSPS) is 18.8. The minimum atomic E-state index is -1.15. The highest BCUT2D eigenvalue weighted by Gasteiger charge is 2.57.